The highest BCUT2D eigenvalue weighted by molar-refractivity contribution is 6.64. The fourth-order valence-electron chi connectivity index (χ4n) is 0.804. The van der Waals surface area contributed by atoms with Crippen LogP contribution in [0.1, 0.15) is 6.92 Å². The molecule has 0 saturated carbocycles. The summed E-state index contributed by atoms with van der Waals surface area (Å²) in [7, 11) is 0. The van der Waals surface area contributed by atoms with Crippen molar-refractivity contribution in [3.63, 3.8) is 0 Å². The molecule has 5 heteroatoms. The van der Waals surface area contributed by atoms with Crippen molar-refractivity contribution in [1.29, 1.82) is 0 Å². The lowest BCUT2D eigenvalue weighted by Crippen LogP contribution is -2.19. The van der Waals surface area contributed by atoms with Gasteiger partial charge < -0.3 is 4.74 Å². The van der Waals surface area contributed by atoms with Crippen LogP contribution in [-0.2, 0) is 4.79 Å². The summed E-state index contributed by atoms with van der Waals surface area (Å²) < 4.78 is 5.19. The first-order valence-electron chi connectivity index (χ1n) is 3.81. The Morgan fingerprint density at radius 3 is 2.64 bits per heavy atom. The first kappa shape index (κ1) is 11.6. The van der Waals surface area contributed by atoms with Gasteiger partial charge in [0.1, 0.15) is 5.75 Å². The van der Waals surface area contributed by atoms with Crippen LogP contribution >= 0.6 is 34.8 Å². The van der Waals surface area contributed by atoms with Gasteiger partial charge in [-0.15, -0.1) is 0 Å². The van der Waals surface area contributed by atoms with Crippen molar-refractivity contribution in [2.45, 2.75) is 13.0 Å². The topological polar surface area (TPSA) is 26.3 Å². The Labute approximate surface area is 96.7 Å². The molecule has 1 rings (SSSR count). The number of benzene rings is 1. The molecule has 0 heterocycles. The summed E-state index contributed by atoms with van der Waals surface area (Å²) in [5, 5.41) is 0.291. The standard InChI is InChI=1S/C9H7Cl3O2/c1-5(9(12)13)14-8-4-6(10)2-3-7(8)11/h2-5H,1H3. The van der Waals surface area contributed by atoms with E-state index in [2.05, 4.69) is 0 Å². The molecule has 1 aromatic rings. The van der Waals surface area contributed by atoms with Gasteiger partial charge in [-0.3, -0.25) is 4.79 Å². The molecule has 76 valence electrons. The van der Waals surface area contributed by atoms with E-state index >= 15 is 0 Å². The lowest BCUT2D eigenvalue weighted by molar-refractivity contribution is -0.117. The van der Waals surface area contributed by atoms with Crippen molar-refractivity contribution < 1.29 is 9.53 Å². The van der Waals surface area contributed by atoms with Crippen LogP contribution in [0.3, 0.4) is 0 Å². The zero-order chi connectivity index (χ0) is 10.7. The molecule has 0 aliphatic heterocycles. The van der Waals surface area contributed by atoms with E-state index in [1.807, 2.05) is 0 Å². The van der Waals surface area contributed by atoms with Crippen molar-refractivity contribution in [2.24, 2.45) is 0 Å². The van der Waals surface area contributed by atoms with Gasteiger partial charge >= 0.3 is 0 Å². The van der Waals surface area contributed by atoms with Crippen LogP contribution in [0.2, 0.25) is 10.0 Å². The number of carbonyl (C=O) groups is 1. The molecule has 1 unspecified atom stereocenters. The van der Waals surface area contributed by atoms with Gasteiger partial charge in [0, 0.05) is 11.1 Å². The predicted octanol–water partition coefficient (Wildman–Crippen LogP) is 3.53. The number of hydrogen-bond donors (Lipinski definition) is 0. The van der Waals surface area contributed by atoms with E-state index in [0.717, 1.165) is 0 Å². The van der Waals surface area contributed by atoms with E-state index in [1.165, 1.54) is 13.0 Å². The molecule has 14 heavy (non-hydrogen) atoms. The molecule has 0 amide bonds. The Bertz CT molecular complexity index is 352. The summed E-state index contributed by atoms with van der Waals surface area (Å²) in [4.78, 5) is 10.7. The molecular weight excluding hydrogens is 246 g/mol. The SMILES string of the molecule is CC(Oc1cc(Cl)ccc1Cl)C(=O)Cl. The van der Waals surface area contributed by atoms with E-state index < -0.39 is 11.3 Å². The molecule has 0 fully saturated rings. The van der Waals surface area contributed by atoms with E-state index in [4.69, 9.17) is 39.5 Å². The van der Waals surface area contributed by atoms with Gasteiger partial charge in [0.05, 0.1) is 5.02 Å². The molecule has 0 bridgehead atoms. The highest BCUT2D eigenvalue weighted by atomic mass is 35.5. The van der Waals surface area contributed by atoms with Gasteiger partial charge in [0.25, 0.3) is 5.24 Å². The Kier molecular flexibility index (Phi) is 4.05. The van der Waals surface area contributed by atoms with E-state index in [0.29, 0.717) is 15.8 Å². The molecule has 0 aliphatic rings. The van der Waals surface area contributed by atoms with Gasteiger partial charge in [0.15, 0.2) is 6.10 Å². The number of ether oxygens (including phenoxy) is 1. The predicted molar refractivity (Wildman–Crippen MR) is 57.4 cm³/mol. The highest BCUT2D eigenvalue weighted by Gasteiger charge is 2.13. The first-order valence-corrected chi connectivity index (χ1v) is 4.95. The van der Waals surface area contributed by atoms with Gasteiger partial charge in [-0.25, -0.2) is 0 Å². The lowest BCUT2D eigenvalue weighted by Gasteiger charge is -2.11. The molecule has 0 spiro atoms. The fourth-order valence-corrected chi connectivity index (χ4v) is 1.17. The second-order valence-corrected chi connectivity index (χ2v) is 3.86. The van der Waals surface area contributed by atoms with Gasteiger partial charge in [-0.05, 0) is 30.7 Å². The smallest absolute Gasteiger partial charge is 0.262 e. The lowest BCUT2D eigenvalue weighted by atomic mass is 10.3. The van der Waals surface area contributed by atoms with Crippen LogP contribution in [0.15, 0.2) is 18.2 Å². The van der Waals surface area contributed by atoms with Crippen molar-refractivity contribution >= 4 is 40.0 Å². The van der Waals surface area contributed by atoms with E-state index in [9.17, 15) is 4.79 Å². The Morgan fingerprint density at radius 1 is 1.43 bits per heavy atom. The molecule has 0 radical (unpaired) electrons. The number of hydrogen-bond acceptors (Lipinski definition) is 2. The number of rotatable bonds is 3. The van der Waals surface area contributed by atoms with Crippen LogP contribution in [0, 0.1) is 0 Å². The molecule has 2 nitrogen and oxygen atoms in total. The largest absolute Gasteiger partial charge is 0.480 e. The van der Waals surface area contributed by atoms with Crippen LogP contribution in [0.4, 0.5) is 0 Å². The van der Waals surface area contributed by atoms with Crippen molar-refractivity contribution in [3.05, 3.63) is 28.2 Å². The third-order valence-corrected chi connectivity index (χ3v) is 2.37. The third kappa shape index (κ3) is 3.05. The summed E-state index contributed by atoms with van der Waals surface area (Å²) in [6.07, 6.45) is -0.743. The quantitative estimate of drug-likeness (QED) is 0.770. The maximum absolute atomic E-state index is 10.7. The second kappa shape index (κ2) is 4.87. The molecule has 1 aromatic carbocycles. The van der Waals surface area contributed by atoms with E-state index in [1.54, 1.807) is 12.1 Å². The van der Waals surface area contributed by atoms with Crippen molar-refractivity contribution in [3.8, 4) is 5.75 Å². The minimum Gasteiger partial charge on any atom is -0.480 e. The normalized spacial score (nSPS) is 12.3. The minimum atomic E-state index is -0.743. The zero-order valence-electron chi connectivity index (χ0n) is 7.26. The van der Waals surface area contributed by atoms with Crippen molar-refractivity contribution in [1.82, 2.24) is 0 Å². The first-order chi connectivity index (χ1) is 6.50. The van der Waals surface area contributed by atoms with Gasteiger partial charge in [-0.2, -0.15) is 0 Å². The molecule has 0 N–H and O–H groups in total. The number of carbonyl (C=O) groups excluding carboxylic acids is 1. The zero-order valence-corrected chi connectivity index (χ0v) is 9.53. The molecule has 0 aromatic heterocycles. The van der Waals surface area contributed by atoms with Crippen LogP contribution in [0.5, 0.6) is 5.75 Å². The maximum atomic E-state index is 10.7. The van der Waals surface area contributed by atoms with Crippen LogP contribution in [-0.4, -0.2) is 11.3 Å². The second-order valence-electron chi connectivity index (χ2n) is 2.64. The Hall–Kier alpha value is -0.440. The van der Waals surface area contributed by atoms with Crippen molar-refractivity contribution in [2.75, 3.05) is 0 Å². The Morgan fingerprint density at radius 2 is 2.07 bits per heavy atom. The third-order valence-electron chi connectivity index (χ3n) is 1.52. The monoisotopic (exact) mass is 252 g/mol. The summed E-state index contributed by atoms with van der Waals surface area (Å²) in [5.41, 5.74) is 0. The summed E-state index contributed by atoms with van der Waals surface area (Å²) in [6, 6.07) is 4.74. The molecular formula is C9H7Cl3O2. The molecule has 0 aliphatic carbocycles. The van der Waals surface area contributed by atoms with Gasteiger partial charge in [-0.1, -0.05) is 23.2 Å². The van der Waals surface area contributed by atoms with E-state index in [-0.39, 0.29) is 0 Å². The summed E-state index contributed by atoms with van der Waals surface area (Å²) >= 11 is 16.8. The average Bonchev–Trinajstić information content (AvgIpc) is 2.11. The maximum Gasteiger partial charge on any atom is 0.262 e. The van der Waals surface area contributed by atoms with Gasteiger partial charge in [0.2, 0.25) is 0 Å². The van der Waals surface area contributed by atoms with Crippen LogP contribution < -0.4 is 4.74 Å². The molecule has 0 saturated heterocycles. The fraction of sp³-hybridized carbons (Fsp3) is 0.222. The Balaban J connectivity index is 2.85. The molecule has 1 atom stereocenters. The average molecular weight is 254 g/mol. The van der Waals surface area contributed by atoms with Crippen LogP contribution in [0.25, 0.3) is 0 Å². The number of halogens is 3. The minimum absolute atomic E-state index is 0.348. The summed E-state index contributed by atoms with van der Waals surface area (Å²) in [6.45, 7) is 1.53. The summed E-state index contributed by atoms with van der Waals surface area (Å²) in [5.74, 6) is 0.348. The highest BCUT2D eigenvalue weighted by Crippen LogP contribution is 2.28.